The quantitative estimate of drug-likeness (QED) is 0.388. The highest BCUT2D eigenvalue weighted by molar-refractivity contribution is 5.91. The minimum Gasteiger partial charge on any atom is -0.504 e. The summed E-state index contributed by atoms with van der Waals surface area (Å²) >= 11 is 0. The van der Waals surface area contributed by atoms with Crippen LogP contribution in [0.5, 0.6) is 11.5 Å². The Balaban J connectivity index is 1.83. The van der Waals surface area contributed by atoms with Gasteiger partial charge in [0, 0.05) is 6.42 Å². The molecule has 2 aliphatic rings. The summed E-state index contributed by atoms with van der Waals surface area (Å²) in [5.74, 6) is -1.12. The molecule has 1 atom stereocenters. The Bertz CT molecular complexity index is 751. The molecule has 2 aliphatic carbocycles. The van der Waals surface area contributed by atoms with Crippen LogP contribution in [0.4, 0.5) is 0 Å². The summed E-state index contributed by atoms with van der Waals surface area (Å²) in [6.45, 7) is 0. The van der Waals surface area contributed by atoms with Gasteiger partial charge >= 0.3 is 5.97 Å². The lowest BCUT2D eigenvalue weighted by Gasteiger charge is -2.45. The van der Waals surface area contributed by atoms with E-state index in [9.17, 15) is 19.8 Å². The fourth-order valence-corrected chi connectivity index (χ4v) is 5.42. The zero-order valence-corrected chi connectivity index (χ0v) is 18.4. The minimum absolute atomic E-state index is 0.111. The molecule has 0 spiro atoms. The Kier molecular flexibility index (Phi) is 7.81. The molecule has 0 radical (unpaired) electrons. The predicted octanol–water partition coefficient (Wildman–Crippen LogP) is 3.16. The number of phenolic OH excluding ortho intramolecular Hbond substituents is 2. The molecule has 0 aliphatic heterocycles. The number of amides is 1. The number of phenols is 2. The van der Waals surface area contributed by atoms with Crippen LogP contribution < -0.4 is 11.1 Å². The zero-order chi connectivity index (χ0) is 22.4. The Labute approximate surface area is 184 Å². The number of nitrogens with one attached hydrogen (secondary N) is 1. The Hall–Kier alpha value is -2.28. The summed E-state index contributed by atoms with van der Waals surface area (Å²) < 4.78 is 4.94. The van der Waals surface area contributed by atoms with Crippen molar-refractivity contribution < 1.29 is 24.5 Å². The first-order valence-electron chi connectivity index (χ1n) is 11.5. The van der Waals surface area contributed by atoms with E-state index in [0.717, 1.165) is 51.4 Å². The molecule has 0 unspecified atom stereocenters. The number of hydrogen-bond acceptors (Lipinski definition) is 6. The maximum atomic E-state index is 13.7. The summed E-state index contributed by atoms with van der Waals surface area (Å²) in [4.78, 5) is 26.2. The van der Waals surface area contributed by atoms with E-state index in [1.165, 1.54) is 32.1 Å². The van der Waals surface area contributed by atoms with E-state index in [1.807, 2.05) is 0 Å². The second-order valence-electron chi connectivity index (χ2n) is 9.18. The van der Waals surface area contributed by atoms with Gasteiger partial charge in [0.2, 0.25) is 5.91 Å². The molecule has 7 nitrogen and oxygen atoms in total. The van der Waals surface area contributed by atoms with Crippen molar-refractivity contribution in [2.75, 3.05) is 7.11 Å². The van der Waals surface area contributed by atoms with E-state index in [1.54, 1.807) is 6.07 Å². The fourth-order valence-electron chi connectivity index (χ4n) is 5.42. The first-order chi connectivity index (χ1) is 14.9. The van der Waals surface area contributed by atoms with Gasteiger partial charge in [-0.3, -0.25) is 4.79 Å². The first kappa shape index (κ1) is 23.4. The summed E-state index contributed by atoms with van der Waals surface area (Å²) in [7, 11) is 1.29. The van der Waals surface area contributed by atoms with Crippen molar-refractivity contribution in [2.45, 2.75) is 82.2 Å². The van der Waals surface area contributed by atoms with Crippen LogP contribution in [0, 0.1) is 11.8 Å². The monoisotopic (exact) mass is 432 g/mol. The third kappa shape index (κ3) is 5.32. The van der Waals surface area contributed by atoms with E-state index >= 15 is 0 Å². The van der Waals surface area contributed by atoms with E-state index in [4.69, 9.17) is 10.5 Å². The SMILES string of the molecule is COC(=O)[C@H](Cc1ccc(O)c(O)c1)NC(=O)C(N)(C1CCCCC1)C1CCCCC1. The Morgan fingerprint density at radius 1 is 1.03 bits per heavy atom. The largest absolute Gasteiger partial charge is 0.504 e. The molecule has 2 saturated carbocycles. The Morgan fingerprint density at radius 3 is 2.06 bits per heavy atom. The zero-order valence-electron chi connectivity index (χ0n) is 18.4. The molecule has 3 rings (SSSR count). The molecule has 1 aromatic rings. The fraction of sp³-hybridized carbons (Fsp3) is 0.667. The summed E-state index contributed by atoms with van der Waals surface area (Å²) in [5, 5.41) is 22.2. The normalized spacial score (nSPS) is 19.5. The van der Waals surface area contributed by atoms with Crippen molar-refractivity contribution in [3.8, 4) is 11.5 Å². The maximum absolute atomic E-state index is 13.7. The molecule has 0 saturated heterocycles. The van der Waals surface area contributed by atoms with Gasteiger partial charge < -0.3 is 26.0 Å². The number of carbonyl (C=O) groups is 2. The van der Waals surface area contributed by atoms with Crippen LogP contribution in [0.1, 0.15) is 69.8 Å². The van der Waals surface area contributed by atoms with Crippen molar-refractivity contribution in [2.24, 2.45) is 17.6 Å². The van der Waals surface area contributed by atoms with Crippen molar-refractivity contribution in [1.29, 1.82) is 0 Å². The van der Waals surface area contributed by atoms with Crippen LogP contribution in [0.15, 0.2) is 18.2 Å². The number of benzene rings is 1. The first-order valence-corrected chi connectivity index (χ1v) is 11.5. The minimum atomic E-state index is -0.996. The second-order valence-corrected chi connectivity index (χ2v) is 9.18. The smallest absolute Gasteiger partial charge is 0.328 e. The average molecular weight is 433 g/mol. The van der Waals surface area contributed by atoms with Crippen LogP contribution in [0.2, 0.25) is 0 Å². The number of carbonyl (C=O) groups excluding carboxylic acids is 2. The van der Waals surface area contributed by atoms with Gasteiger partial charge in [-0.25, -0.2) is 4.79 Å². The van der Waals surface area contributed by atoms with Crippen LogP contribution >= 0.6 is 0 Å². The maximum Gasteiger partial charge on any atom is 0.328 e. The van der Waals surface area contributed by atoms with Crippen molar-refractivity contribution in [3.63, 3.8) is 0 Å². The van der Waals surface area contributed by atoms with Crippen LogP contribution in [-0.4, -0.2) is 40.8 Å². The number of aromatic hydroxyl groups is 2. The van der Waals surface area contributed by atoms with E-state index in [0.29, 0.717) is 5.56 Å². The summed E-state index contributed by atoms with van der Waals surface area (Å²) in [6, 6.07) is 3.43. The molecule has 1 aromatic carbocycles. The number of methoxy groups -OCH3 is 1. The standard InChI is InChI=1S/C24H36N2O5/c1-31-22(29)19(14-16-12-13-20(27)21(28)15-16)26-23(30)24(25,17-8-4-2-5-9-17)18-10-6-3-7-11-18/h12-13,15,17-19,27-28H,2-11,14,25H2,1H3,(H,26,30)/t19-/m0/s1. The van der Waals surface area contributed by atoms with Gasteiger partial charge in [-0.1, -0.05) is 44.6 Å². The average Bonchev–Trinajstić information content (AvgIpc) is 2.81. The lowest BCUT2D eigenvalue weighted by molar-refractivity contribution is -0.147. The highest BCUT2D eigenvalue weighted by Gasteiger charge is 2.49. The molecule has 5 N–H and O–H groups in total. The molecule has 7 heteroatoms. The molecule has 172 valence electrons. The van der Waals surface area contributed by atoms with E-state index in [2.05, 4.69) is 5.32 Å². The number of rotatable bonds is 7. The molecule has 1 amide bonds. The van der Waals surface area contributed by atoms with Gasteiger partial charge in [0.05, 0.1) is 7.11 Å². The van der Waals surface area contributed by atoms with Gasteiger partial charge in [-0.15, -0.1) is 0 Å². The van der Waals surface area contributed by atoms with Crippen molar-refractivity contribution >= 4 is 11.9 Å². The van der Waals surface area contributed by atoms with Crippen molar-refractivity contribution in [3.05, 3.63) is 23.8 Å². The van der Waals surface area contributed by atoms with E-state index in [-0.39, 0.29) is 35.7 Å². The van der Waals surface area contributed by atoms with Gasteiger partial charge in [0.25, 0.3) is 0 Å². The number of esters is 1. The molecule has 2 fully saturated rings. The van der Waals surface area contributed by atoms with Gasteiger partial charge in [-0.2, -0.15) is 0 Å². The van der Waals surface area contributed by atoms with Crippen LogP contribution in [0.3, 0.4) is 0 Å². The number of hydrogen-bond donors (Lipinski definition) is 4. The lowest BCUT2D eigenvalue weighted by Crippen LogP contribution is -2.66. The second kappa shape index (κ2) is 10.4. The van der Waals surface area contributed by atoms with Gasteiger partial charge in [0.1, 0.15) is 11.6 Å². The molecular formula is C24H36N2O5. The summed E-state index contributed by atoms with van der Waals surface area (Å²) in [6.07, 6.45) is 10.6. The van der Waals surface area contributed by atoms with Crippen molar-refractivity contribution in [1.82, 2.24) is 5.32 Å². The van der Waals surface area contributed by atoms with Crippen LogP contribution in [-0.2, 0) is 20.7 Å². The van der Waals surface area contributed by atoms with E-state index < -0.39 is 17.6 Å². The highest BCUT2D eigenvalue weighted by atomic mass is 16.5. The topological polar surface area (TPSA) is 122 Å². The molecule has 0 bridgehead atoms. The Morgan fingerprint density at radius 2 is 1.58 bits per heavy atom. The number of nitrogens with two attached hydrogens (primary N) is 1. The number of ether oxygens (including phenoxy) is 1. The van der Waals surface area contributed by atoms with Gasteiger partial charge in [0.15, 0.2) is 11.5 Å². The third-order valence-electron chi connectivity index (χ3n) is 7.23. The van der Waals surface area contributed by atoms with Crippen LogP contribution in [0.25, 0.3) is 0 Å². The summed E-state index contributed by atoms with van der Waals surface area (Å²) in [5.41, 5.74) is 6.59. The molecular weight excluding hydrogens is 396 g/mol. The van der Waals surface area contributed by atoms with Gasteiger partial charge in [-0.05, 0) is 55.2 Å². The molecule has 0 aromatic heterocycles. The molecule has 31 heavy (non-hydrogen) atoms. The molecule has 0 heterocycles. The lowest BCUT2D eigenvalue weighted by atomic mass is 9.64. The third-order valence-corrected chi connectivity index (χ3v) is 7.23. The highest BCUT2D eigenvalue weighted by Crippen LogP contribution is 2.41. The predicted molar refractivity (Wildman–Crippen MR) is 117 cm³/mol.